The molecule has 0 spiro atoms. The molecule has 1 fully saturated rings. The molecule has 136 valence electrons. The third-order valence-corrected chi connectivity index (χ3v) is 4.62. The van der Waals surface area contributed by atoms with E-state index in [0.717, 1.165) is 18.5 Å². The number of hydrogen-bond donors (Lipinski definition) is 0. The SMILES string of the molecule is Cc1nc2ccccn2c1C(=O)N1CCC[C@H](Oc2nccnc2C#N)C1. The molecule has 4 heterocycles. The van der Waals surface area contributed by atoms with E-state index in [0.29, 0.717) is 24.5 Å². The van der Waals surface area contributed by atoms with E-state index in [4.69, 9.17) is 10.00 Å². The van der Waals surface area contributed by atoms with Crippen molar-refractivity contribution >= 4 is 11.6 Å². The predicted octanol–water partition coefficient (Wildman–Crippen LogP) is 1.99. The number of aryl methyl sites for hydroxylation is 1. The van der Waals surface area contributed by atoms with E-state index in [1.165, 1.54) is 12.4 Å². The third kappa shape index (κ3) is 3.19. The molecule has 0 bridgehead atoms. The van der Waals surface area contributed by atoms with Crippen LogP contribution in [0.3, 0.4) is 0 Å². The summed E-state index contributed by atoms with van der Waals surface area (Å²) in [6, 6.07) is 7.63. The monoisotopic (exact) mass is 362 g/mol. The van der Waals surface area contributed by atoms with Crippen LogP contribution in [0.1, 0.15) is 34.7 Å². The highest BCUT2D eigenvalue weighted by Crippen LogP contribution is 2.21. The van der Waals surface area contributed by atoms with Crippen LogP contribution in [0.2, 0.25) is 0 Å². The van der Waals surface area contributed by atoms with Crippen molar-refractivity contribution < 1.29 is 9.53 Å². The Kier molecular flexibility index (Phi) is 4.42. The highest BCUT2D eigenvalue weighted by molar-refractivity contribution is 5.94. The van der Waals surface area contributed by atoms with E-state index in [2.05, 4.69) is 15.0 Å². The predicted molar refractivity (Wildman–Crippen MR) is 96.2 cm³/mol. The zero-order valence-corrected chi connectivity index (χ0v) is 14.9. The van der Waals surface area contributed by atoms with Crippen LogP contribution >= 0.6 is 0 Å². The van der Waals surface area contributed by atoms with E-state index in [-0.39, 0.29) is 23.6 Å². The number of carbonyl (C=O) groups excluding carboxylic acids is 1. The highest BCUT2D eigenvalue weighted by atomic mass is 16.5. The Hall–Kier alpha value is -3.47. The van der Waals surface area contributed by atoms with Crippen LogP contribution in [0.25, 0.3) is 5.65 Å². The van der Waals surface area contributed by atoms with Crippen molar-refractivity contribution in [3.05, 3.63) is 53.9 Å². The smallest absolute Gasteiger partial charge is 0.272 e. The molecule has 0 N–H and O–H groups in total. The molecule has 0 saturated carbocycles. The van der Waals surface area contributed by atoms with Crippen molar-refractivity contribution in [2.75, 3.05) is 13.1 Å². The number of pyridine rings is 1. The van der Waals surface area contributed by atoms with Gasteiger partial charge in [0, 0.05) is 25.1 Å². The minimum atomic E-state index is -0.231. The number of hydrogen-bond acceptors (Lipinski definition) is 6. The second-order valence-electron chi connectivity index (χ2n) is 6.43. The largest absolute Gasteiger partial charge is 0.470 e. The van der Waals surface area contributed by atoms with Crippen LogP contribution in [0.4, 0.5) is 0 Å². The second-order valence-corrected chi connectivity index (χ2v) is 6.43. The van der Waals surface area contributed by atoms with E-state index in [1.807, 2.05) is 41.8 Å². The average molecular weight is 362 g/mol. The van der Waals surface area contributed by atoms with E-state index < -0.39 is 0 Å². The molecule has 8 nitrogen and oxygen atoms in total. The molecule has 0 aromatic carbocycles. The highest BCUT2D eigenvalue weighted by Gasteiger charge is 2.29. The summed E-state index contributed by atoms with van der Waals surface area (Å²) >= 11 is 0. The molecule has 0 aliphatic carbocycles. The molecule has 3 aromatic rings. The van der Waals surface area contributed by atoms with Crippen LogP contribution < -0.4 is 4.74 Å². The number of amides is 1. The number of carbonyl (C=O) groups is 1. The first kappa shape index (κ1) is 17.0. The number of imidazole rings is 1. The van der Waals surface area contributed by atoms with Crippen molar-refractivity contribution in [2.24, 2.45) is 0 Å². The lowest BCUT2D eigenvalue weighted by atomic mass is 10.1. The van der Waals surface area contributed by atoms with Crippen LogP contribution in [0, 0.1) is 18.3 Å². The Balaban J connectivity index is 1.55. The summed E-state index contributed by atoms with van der Waals surface area (Å²) in [5, 5.41) is 9.14. The lowest BCUT2D eigenvalue weighted by Crippen LogP contribution is -2.45. The minimum Gasteiger partial charge on any atom is -0.470 e. The molecule has 0 unspecified atom stereocenters. The summed E-state index contributed by atoms with van der Waals surface area (Å²) in [5.74, 6) is 0.143. The summed E-state index contributed by atoms with van der Waals surface area (Å²) in [5.41, 5.74) is 2.18. The fraction of sp³-hybridized carbons (Fsp3) is 0.316. The van der Waals surface area contributed by atoms with Crippen LogP contribution in [-0.2, 0) is 0 Å². The van der Waals surface area contributed by atoms with Gasteiger partial charge in [-0.25, -0.2) is 15.0 Å². The number of nitrogens with zero attached hydrogens (tertiary/aromatic N) is 6. The number of piperidine rings is 1. The lowest BCUT2D eigenvalue weighted by Gasteiger charge is -2.32. The molecule has 0 radical (unpaired) electrons. The molecular weight excluding hydrogens is 344 g/mol. The van der Waals surface area contributed by atoms with Crippen molar-refractivity contribution in [2.45, 2.75) is 25.9 Å². The van der Waals surface area contributed by atoms with Gasteiger partial charge in [0.2, 0.25) is 5.69 Å². The molecule has 3 aromatic heterocycles. The van der Waals surface area contributed by atoms with E-state index >= 15 is 0 Å². The maximum Gasteiger partial charge on any atom is 0.272 e. The molecule has 1 atom stereocenters. The number of likely N-dealkylation sites (tertiary alicyclic amines) is 1. The van der Waals surface area contributed by atoms with Gasteiger partial charge in [0.15, 0.2) is 0 Å². The Morgan fingerprint density at radius 2 is 2.19 bits per heavy atom. The summed E-state index contributed by atoms with van der Waals surface area (Å²) in [4.78, 5) is 27.4. The summed E-state index contributed by atoms with van der Waals surface area (Å²) in [6.07, 6.45) is 6.16. The third-order valence-electron chi connectivity index (χ3n) is 4.62. The number of rotatable bonds is 3. The average Bonchev–Trinajstić information content (AvgIpc) is 3.03. The maximum atomic E-state index is 13.1. The topological polar surface area (TPSA) is 96.4 Å². The van der Waals surface area contributed by atoms with Crippen LogP contribution in [-0.4, -0.2) is 49.4 Å². The molecule has 1 saturated heterocycles. The van der Waals surface area contributed by atoms with Gasteiger partial charge in [-0.1, -0.05) is 6.07 Å². The van der Waals surface area contributed by atoms with Gasteiger partial charge < -0.3 is 9.64 Å². The molecule has 4 rings (SSSR count). The Morgan fingerprint density at radius 3 is 3.04 bits per heavy atom. The van der Waals surface area contributed by atoms with Gasteiger partial charge in [-0.2, -0.15) is 5.26 Å². The van der Waals surface area contributed by atoms with Gasteiger partial charge in [0.25, 0.3) is 11.8 Å². The number of aromatic nitrogens is 4. The number of nitriles is 1. The molecule has 27 heavy (non-hydrogen) atoms. The molecule has 1 aliphatic heterocycles. The summed E-state index contributed by atoms with van der Waals surface area (Å²) in [7, 11) is 0. The Morgan fingerprint density at radius 1 is 1.33 bits per heavy atom. The van der Waals surface area contributed by atoms with Gasteiger partial charge in [-0.3, -0.25) is 9.20 Å². The zero-order chi connectivity index (χ0) is 18.8. The van der Waals surface area contributed by atoms with Crippen LogP contribution in [0.5, 0.6) is 5.88 Å². The van der Waals surface area contributed by atoms with Crippen LogP contribution in [0.15, 0.2) is 36.8 Å². The van der Waals surface area contributed by atoms with Crippen molar-refractivity contribution in [3.63, 3.8) is 0 Å². The first-order chi connectivity index (χ1) is 13.2. The van der Waals surface area contributed by atoms with Gasteiger partial charge in [0.1, 0.15) is 23.5 Å². The minimum absolute atomic E-state index is 0.0702. The Labute approximate surface area is 156 Å². The van der Waals surface area contributed by atoms with Crippen molar-refractivity contribution in [1.29, 1.82) is 5.26 Å². The normalized spacial score (nSPS) is 16.9. The van der Waals surface area contributed by atoms with E-state index in [9.17, 15) is 4.79 Å². The number of ether oxygens (including phenoxy) is 1. The first-order valence-electron chi connectivity index (χ1n) is 8.78. The van der Waals surface area contributed by atoms with Gasteiger partial charge in [0.05, 0.1) is 12.2 Å². The Bertz CT molecular complexity index is 1040. The summed E-state index contributed by atoms with van der Waals surface area (Å²) in [6.45, 7) is 2.93. The van der Waals surface area contributed by atoms with Gasteiger partial charge >= 0.3 is 0 Å². The fourth-order valence-corrected chi connectivity index (χ4v) is 3.39. The maximum absolute atomic E-state index is 13.1. The molecular formula is C19H18N6O2. The quantitative estimate of drug-likeness (QED) is 0.707. The number of fused-ring (bicyclic) bond motifs is 1. The summed E-state index contributed by atoms with van der Waals surface area (Å²) < 4.78 is 7.70. The second kappa shape index (κ2) is 7.03. The first-order valence-corrected chi connectivity index (χ1v) is 8.78. The standard InChI is InChI=1S/C19H18N6O2/c1-13-17(25-10-3-2-6-16(25)23-13)19(26)24-9-4-5-14(12-24)27-18-15(11-20)21-7-8-22-18/h2-3,6-8,10,14H,4-5,9,12H2,1H3/t14-/m0/s1. The van der Waals surface area contributed by atoms with Gasteiger partial charge in [-0.15, -0.1) is 0 Å². The lowest BCUT2D eigenvalue weighted by molar-refractivity contribution is 0.0519. The zero-order valence-electron chi connectivity index (χ0n) is 14.9. The fourth-order valence-electron chi connectivity index (χ4n) is 3.39. The van der Waals surface area contributed by atoms with Gasteiger partial charge in [-0.05, 0) is 31.9 Å². The molecule has 8 heteroatoms. The molecule has 1 aliphatic rings. The van der Waals surface area contributed by atoms with E-state index in [1.54, 1.807) is 4.90 Å². The van der Waals surface area contributed by atoms with Crippen molar-refractivity contribution in [3.8, 4) is 11.9 Å². The molecule has 1 amide bonds. The van der Waals surface area contributed by atoms with Crippen molar-refractivity contribution in [1.82, 2.24) is 24.3 Å².